The Kier molecular flexibility index (Phi) is 3.98. The Hall–Kier alpha value is -1.26. The number of hydrogen-bond acceptors (Lipinski definition) is 4. The second-order valence-electron chi connectivity index (χ2n) is 5.47. The average molecular weight is 313 g/mol. The Labute approximate surface area is 127 Å². The normalized spacial score (nSPS) is 29.9. The van der Waals surface area contributed by atoms with E-state index in [1.165, 1.54) is 0 Å². The van der Waals surface area contributed by atoms with E-state index < -0.39 is 27.4 Å². The number of carbonyl (C=O) groups excluding carboxylic acids is 2. The van der Waals surface area contributed by atoms with Crippen molar-refractivity contribution in [3.8, 4) is 0 Å². The van der Waals surface area contributed by atoms with E-state index in [1.54, 1.807) is 38.1 Å². The molecule has 1 aromatic carbocycles. The Morgan fingerprint density at radius 3 is 2.40 bits per heavy atom. The van der Waals surface area contributed by atoms with E-state index in [1.807, 2.05) is 6.07 Å². The summed E-state index contributed by atoms with van der Waals surface area (Å²) in [6.45, 7) is 3.51. The fourth-order valence-corrected chi connectivity index (χ4v) is 2.51. The summed E-state index contributed by atoms with van der Waals surface area (Å²) in [6, 6.07) is 8.76. The molecule has 0 heterocycles. The van der Waals surface area contributed by atoms with Gasteiger partial charge in [0.05, 0.1) is 5.69 Å². The van der Waals surface area contributed by atoms with Gasteiger partial charge in [0.15, 0.2) is 5.78 Å². The maximum Gasteiger partial charge on any atom is 0.271 e. The van der Waals surface area contributed by atoms with Crippen LogP contribution in [-0.2, 0) is 9.59 Å². The number of rotatable bonds is 2. The molecule has 0 N–H and O–H groups in total. The quantitative estimate of drug-likeness (QED) is 0.360. The second-order valence-corrected chi connectivity index (χ2v) is 6.46. The van der Waals surface area contributed by atoms with Gasteiger partial charge in [-0.2, -0.15) is 5.11 Å². The fraction of sp³-hybridized carbons (Fsp3) is 0.429. The van der Waals surface area contributed by atoms with E-state index in [4.69, 9.17) is 23.2 Å². The number of halogens is 2. The predicted molar refractivity (Wildman–Crippen MR) is 77.6 cm³/mol. The number of nitrogens with zero attached hydrogens (tertiary/aromatic N) is 2. The first kappa shape index (κ1) is 15.1. The summed E-state index contributed by atoms with van der Waals surface area (Å²) in [7, 11) is 0. The lowest BCUT2D eigenvalue weighted by atomic mass is 9.73. The van der Waals surface area contributed by atoms with Crippen LogP contribution in [0, 0.1) is 5.41 Å². The predicted octanol–water partition coefficient (Wildman–Crippen LogP) is 3.88. The molecule has 0 spiro atoms. The molecule has 0 aliphatic heterocycles. The van der Waals surface area contributed by atoms with Crippen LogP contribution in [0.3, 0.4) is 0 Å². The number of benzene rings is 1. The highest BCUT2D eigenvalue weighted by atomic mass is 35.5. The Morgan fingerprint density at radius 2 is 1.80 bits per heavy atom. The van der Waals surface area contributed by atoms with Gasteiger partial charge in [0.1, 0.15) is 5.38 Å². The molecule has 0 radical (unpaired) electrons. The largest absolute Gasteiger partial charge is 0.295 e. The molecule has 6 heteroatoms. The lowest BCUT2D eigenvalue weighted by Crippen LogP contribution is -2.55. The van der Waals surface area contributed by atoms with Gasteiger partial charge < -0.3 is 0 Å². The summed E-state index contributed by atoms with van der Waals surface area (Å²) in [5.41, 5.74) is -0.111. The summed E-state index contributed by atoms with van der Waals surface area (Å²) in [4.78, 5) is 22.4. The molecule has 1 aromatic rings. The van der Waals surface area contributed by atoms with Gasteiger partial charge in [0.2, 0.25) is 5.78 Å². The van der Waals surface area contributed by atoms with Gasteiger partial charge in [-0.1, -0.05) is 43.6 Å². The van der Waals surface area contributed by atoms with Gasteiger partial charge in [-0.3, -0.25) is 9.59 Å². The minimum absolute atomic E-state index is 0.0875. The van der Waals surface area contributed by atoms with Crippen LogP contribution < -0.4 is 0 Å². The number of hydrogen-bond donors (Lipinski definition) is 0. The summed E-state index contributed by atoms with van der Waals surface area (Å²) < 4.78 is 0. The van der Waals surface area contributed by atoms with Crippen molar-refractivity contribution >= 4 is 40.5 Å². The standard InChI is InChI=1S/C14H14Cl2N2O2/c1-13(2)8-10(19)14(16,12(20)11(13)15)18-17-9-6-4-3-5-7-9/h3-7,11H,8H2,1-2H3. The van der Waals surface area contributed by atoms with Crippen molar-refractivity contribution < 1.29 is 9.59 Å². The summed E-state index contributed by atoms with van der Waals surface area (Å²) in [5, 5.41) is 6.78. The van der Waals surface area contributed by atoms with E-state index in [9.17, 15) is 9.59 Å². The monoisotopic (exact) mass is 312 g/mol. The molecule has 1 aliphatic rings. The highest BCUT2D eigenvalue weighted by Crippen LogP contribution is 2.43. The maximum absolute atomic E-state index is 12.3. The lowest BCUT2D eigenvalue weighted by molar-refractivity contribution is -0.137. The molecule has 2 atom stereocenters. The minimum Gasteiger partial charge on any atom is -0.295 e. The van der Waals surface area contributed by atoms with Crippen LogP contribution in [-0.4, -0.2) is 21.9 Å². The summed E-state index contributed by atoms with van der Waals surface area (Å²) in [6.07, 6.45) is 0.0875. The number of carbonyl (C=O) groups is 2. The Bertz CT molecular complexity index is 572. The third kappa shape index (κ3) is 2.63. The van der Waals surface area contributed by atoms with Crippen LogP contribution in [0.25, 0.3) is 0 Å². The number of azo groups is 1. The molecule has 2 rings (SSSR count). The molecule has 0 saturated heterocycles. The Morgan fingerprint density at radius 1 is 1.20 bits per heavy atom. The average Bonchev–Trinajstić information content (AvgIpc) is 2.42. The van der Waals surface area contributed by atoms with Crippen molar-refractivity contribution in [3.05, 3.63) is 30.3 Å². The number of alkyl halides is 2. The van der Waals surface area contributed by atoms with Crippen LogP contribution in [0.15, 0.2) is 40.6 Å². The number of ketones is 2. The highest BCUT2D eigenvalue weighted by Gasteiger charge is 2.56. The van der Waals surface area contributed by atoms with Crippen LogP contribution in [0.5, 0.6) is 0 Å². The zero-order valence-electron chi connectivity index (χ0n) is 11.1. The van der Waals surface area contributed by atoms with Gasteiger partial charge >= 0.3 is 0 Å². The van der Waals surface area contributed by atoms with E-state index in [0.29, 0.717) is 5.69 Å². The molecule has 1 aliphatic carbocycles. The SMILES string of the molecule is CC1(C)CC(=O)C(Cl)(N=Nc2ccccc2)C(=O)C1Cl. The molecule has 4 nitrogen and oxygen atoms in total. The third-order valence-corrected chi connectivity index (χ3v) is 4.55. The van der Waals surface area contributed by atoms with Gasteiger partial charge in [0.25, 0.3) is 5.00 Å². The van der Waals surface area contributed by atoms with Gasteiger partial charge in [0, 0.05) is 6.42 Å². The van der Waals surface area contributed by atoms with Crippen molar-refractivity contribution in [2.75, 3.05) is 0 Å². The first-order chi connectivity index (χ1) is 9.27. The van der Waals surface area contributed by atoms with Crippen molar-refractivity contribution in [3.63, 3.8) is 0 Å². The highest BCUT2D eigenvalue weighted by molar-refractivity contribution is 6.52. The van der Waals surface area contributed by atoms with E-state index in [0.717, 1.165) is 0 Å². The minimum atomic E-state index is -2.00. The molecular weight excluding hydrogens is 299 g/mol. The van der Waals surface area contributed by atoms with Crippen molar-refractivity contribution in [1.29, 1.82) is 0 Å². The molecule has 106 valence electrons. The lowest BCUT2D eigenvalue weighted by Gasteiger charge is -2.37. The summed E-state index contributed by atoms with van der Waals surface area (Å²) in [5.74, 6) is -1.08. The molecule has 1 fully saturated rings. The smallest absolute Gasteiger partial charge is 0.271 e. The molecule has 0 bridgehead atoms. The molecule has 0 aromatic heterocycles. The molecule has 2 unspecified atom stereocenters. The maximum atomic E-state index is 12.3. The van der Waals surface area contributed by atoms with E-state index in [2.05, 4.69) is 10.2 Å². The van der Waals surface area contributed by atoms with Gasteiger partial charge in [-0.05, 0) is 17.5 Å². The zero-order valence-corrected chi connectivity index (χ0v) is 12.6. The first-order valence-corrected chi connectivity index (χ1v) is 6.97. The van der Waals surface area contributed by atoms with Crippen molar-refractivity contribution in [2.45, 2.75) is 30.6 Å². The van der Waals surface area contributed by atoms with Crippen LogP contribution in [0.4, 0.5) is 5.69 Å². The molecule has 20 heavy (non-hydrogen) atoms. The number of Topliss-reactive ketones (excluding diaryl/α,β-unsaturated/α-hetero) is 2. The molecular formula is C14H14Cl2N2O2. The molecule has 1 saturated carbocycles. The second kappa shape index (κ2) is 5.26. The fourth-order valence-electron chi connectivity index (χ4n) is 2.01. The summed E-state index contributed by atoms with van der Waals surface area (Å²) >= 11 is 12.2. The zero-order chi connectivity index (χ0) is 15.0. The van der Waals surface area contributed by atoms with Crippen LogP contribution >= 0.6 is 23.2 Å². The van der Waals surface area contributed by atoms with Gasteiger partial charge in [-0.25, -0.2) is 0 Å². The Balaban J connectivity index is 2.32. The van der Waals surface area contributed by atoms with Crippen molar-refractivity contribution in [1.82, 2.24) is 0 Å². The van der Waals surface area contributed by atoms with E-state index >= 15 is 0 Å². The van der Waals surface area contributed by atoms with Crippen LogP contribution in [0.1, 0.15) is 20.3 Å². The molecule has 0 amide bonds. The van der Waals surface area contributed by atoms with E-state index in [-0.39, 0.29) is 6.42 Å². The third-order valence-electron chi connectivity index (χ3n) is 3.29. The first-order valence-electron chi connectivity index (χ1n) is 6.16. The van der Waals surface area contributed by atoms with Crippen LogP contribution in [0.2, 0.25) is 0 Å². The van der Waals surface area contributed by atoms with Gasteiger partial charge in [-0.15, -0.1) is 16.7 Å². The van der Waals surface area contributed by atoms with Crippen molar-refractivity contribution in [2.24, 2.45) is 15.6 Å². The topological polar surface area (TPSA) is 58.9 Å².